The summed E-state index contributed by atoms with van der Waals surface area (Å²) in [5, 5.41) is 4.69. The first-order valence-electron chi connectivity index (χ1n) is 6.69. The smallest absolute Gasteiger partial charge is 0.153 e. The number of fused-ring (bicyclic) bond motifs is 1. The van der Waals surface area contributed by atoms with Crippen molar-refractivity contribution in [1.82, 2.24) is 9.97 Å². The second-order valence-electron chi connectivity index (χ2n) is 4.45. The van der Waals surface area contributed by atoms with E-state index in [1.165, 1.54) is 0 Å². The number of benzene rings is 1. The van der Waals surface area contributed by atoms with Gasteiger partial charge in [-0.15, -0.1) is 0 Å². The minimum atomic E-state index is 0.661. The number of aromatic nitrogens is 2. The highest BCUT2D eigenvalue weighted by molar-refractivity contribution is 6.35. The molecular formula is C16H14ClN3O. The van der Waals surface area contributed by atoms with E-state index in [2.05, 4.69) is 15.3 Å². The molecule has 0 bridgehead atoms. The van der Waals surface area contributed by atoms with Crippen LogP contribution in [0.5, 0.6) is 11.5 Å². The van der Waals surface area contributed by atoms with Crippen LogP contribution in [0.4, 0.5) is 5.82 Å². The molecule has 5 heteroatoms. The predicted molar refractivity (Wildman–Crippen MR) is 85.2 cm³/mol. The van der Waals surface area contributed by atoms with Gasteiger partial charge in [-0.25, -0.2) is 4.98 Å². The molecule has 2 aromatic heterocycles. The van der Waals surface area contributed by atoms with E-state index >= 15 is 0 Å². The topological polar surface area (TPSA) is 47.0 Å². The lowest BCUT2D eigenvalue weighted by Crippen LogP contribution is -1.99. The normalized spacial score (nSPS) is 10.6. The van der Waals surface area contributed by atoms with E-state index in [1.54, 1.807) is 12.4 Å². The van der Waals surface area contributed by atoms with Crippen molar-refractivity contribution in [2.75, 3.05) is 11.9 Å². The summed E-state index contributed by atoms with van der Waals surface area (Å²) in [6.07, 6.45) is 3.43. The van der Waals surface area contributed by atoms with Crippen molar-refractivity contribution in [3.8, 4) is 11.5 Å². The molecule has 2 heterocycles. The summed E-state index contributed by atoms with van der Waals surface area (Å²) in [6.45, 7) is 2.83. The minimum absolute atomic E-state index is 0.661. The first-order chi connectivity index (χ1) is 10.3. The molecular weight excluding hydrogens is 286 g/mol. The van der Waals surface area contributed by atoms with Crippen LogP contribution in [0.2, 0.25) is 5.02 Å². The maximum atomic E-state index is 6.18. The molecule has 106 valence electrons. The van der Waals surface area contributed by atoms with Gasteiger partial charge in [0, 0.05) is 30.4 Å². The fourth-order valence-electron chi connectivity index (χ4n) is 2.07. The molecule has 0 aliphatic rings. The van der Waals surface area contributed by atoms with Gasteiger partial charge in [-0.3, -0.25) is 4.98 Å². The number of halogens is 1. The van der Waals surface area contributed by atoms with Crippen molar-refractivity contribution >= 4 is 28.3 Å². The number of nitrogens with zero attached hydrogens (tertiary/aromatic N) is 2. The predicted octanol–water partition coefficient (Wildman–Crippen LogP) is 4.51. The standard InChI is InChI=1S/C16H14ClN3O/c1-2-18-15-10-11(7-9-19-15)21-14-6-5-13(17)12-4-3-8-20-16(12)14/h3-10H,2H2,1H3,(H,18,19). The van der Waals surface area contributed by atoms with Gasteiger partial charge in [-0.1, -0.05) is 11.6 Å². The molecule has 0 unspecified atom stereocenters. The third-order valence-corrected chi connectivity index (χ3v) is 3.33. The number of ether oxygens (including phenoxy) is 1. The van der Waals surface area contributed by atoms with Crippen LogP contribution in [-0.4, -0.2) is 16.5 Å². The summed E-state index contributed by atoms with van der Waals surface area (Å²) in [6, 6.07) is 11.1. The van der Waals surface area contributed by atoms with E-state index in [4.69, 9.17) is 16.3 Å². The average Bonchev–Trinajstić information content (AvgIpc) is 2.51. The van der Waals surface area contributed by atoms with E-state index in [9.17, 15) is 0 Å². The quantitative estimate of drug-likeness (QED) is 0.770. The van der Waals surface area contributed by atoms with Gasteiger partial charge in [-0.2, -0.15) is 0 Å². The number of hydrogen-bond donors (Lipinski definition) is 1. The molecule has 3 aromatic rings. The van der Waals surface area contributed by atoms with Gasteiger partial charge >= 0.3 is 0 Å². The Morgan fingerprint density at radius 2 is 2.05 bits per heavy atom. The zero-order valence-electron chi connectivity index (χ0n) is 11.5. The molecule has 0 aliphatic carbocycles. The molecule has 0 amide bonds. The highest BCUT2D eigenvalue weighted by atomic mass is 35.5. The lowest BCUT2D eigenvalue weighted by atomic mass is 10.2. The minimum Gasteiger partial charge on any atom is -0.455 e. The Labute approximate surface area is 127 Å². The highest BCUT2D eigenvalue weighted by Gasteiger charge is 2.08. The fourth-order valence-corrected chi connectivity index (χ4v) is 2.29. The van der Waals surface area contributed by atoms with E-state index in [-0.39, 0.29) is 0 Å². The maximum Gasteiger partial charge on any atom is 0.153 e. The second-order valence-corrected chi connectivity index (χ2v) is 4.86. The number of rotatable bonds is 4. The first-order valence-corrected chi connectivity index (χ1v) is 7.06. The van der Waals surface area contributed by atoms with Crippen molar-refractivity contribution < 1.29 is 4.74 Å². The molecule has 0 fully saturated rings. The molecule has 21 heavy (non-hydrogen) atoms. The Balaban J connectivity index is 1.98. The van der Waals surface area contributed by atoms with Crippen LogP contribution in [0.15, 0.2) is 48.8 Å². The summed E-state index contributed by atoms with van der Waals surface area (Å²) < 4.78 is 5.93. The van der Waals surface area contributed by atoms with Crippen LogP contribution in [0, 0.1) is 0 Å². The lowest BCUT2D eigenvalue weighted by Gasteiger charge is -2.10. The van der Waals surface area contributed by atoms with Crippen molar-refractivity contribution in [3.05, 3.63) is 53.8 Å². The molecule has 1 aromatic carbocycles. The molecule has 0 spiro atoms. The highest BCUT2D eigenvalue weighted by Crippen LogP contribution is 2.32. The summed E-state index contributed by atoms with van der Waals surface area (Å²) >= 11 is 6.18. The third-order valence-electron chi connectivity index (χ3n) is 3.00. The molecule has 4 nitrogen and oxygen atoms in total. The molecule has 3 rings (SSSR count). The molecule has 0 aliphatic heterocycles. The number of hydrogen-bond acceptors (Lipinski definition) is 4. The van der Waals surface area contributed by atoms with E-state index < -0.39 is 0 Å². The fraction of sp³-hybridized carbons (Fsp3) is 0.125. The van der Waals surface area contributed by atoms with Crippen LogP contribution in [0.3, 0.4) is 0 Å². The van der Waals surface area contributed by atoms with E-state index in [0.717, 1.165) is 23.3 Å². The third kappa shape index (κ3) is 2.90. The van der Waals surface area contributed by atoms with Crippen molar-refractivity contribution in [2.45, 2.75) is 6.92 Å². The number of nitrogens with one attached hydrogen (secondary N) is 1. The van der Waals surface area contributed by atoms with Gasteiger partial charge in [0.1, 0.15) is 17.1 Å². The molecule has 0 atom stereocenters. The maximum absolute atomic E-state index is 6.18. The monoisotopic (exact) mass is 299 g/mol. The van der Waals surface area contributed by atoms with Gasteiger partial charge in [0.15, 0.2) is 5.75 Å². The van der Waals surface area contributed by atoms with Gasteiger partial charge in [-0.05, 0) is 37.3 Å². The van der Waals surface area contributed by atoms with Crippen LogP contribution < -0.4 is 10.1 Å². The van der Waals surface area contributed by atoms with Crippen LogP contribution in [0.25, 0.3) is 10.9 Å². The Morgan fingerprint density at radius 1 is 1.14 bits per heavy atom. The molecule has 0 saturated heterocycles. The molecule has 0 radical (unpaired) electrons. The average molecular weight is 300 g/mol. The largest absolute Gasteiger partial charge is 0.455 e. The van der Waals surface area contributed by atoms with E-state index in [0.29, 0.717) is 16.5 Å². The SMILES string of the molecule is CCNc1cc(Oc2ccc(Cl)c3cccnc23)ccn1. The van der Waals surface area contributed by atoms with Gasteiger partial charge in [0.2, 0.25) is 0 Å². The van der Waals surface area contributed by atoms with Crippen molar-refractivity contribution in [3.63, 3.8) is 0 Å². The van der Waals surface area contributed by atoms with Gasteiger partial charge in [0.05, 0.1) is 5.02 Å². The Morgan fingerprint density at radius 3 is 2.90 bits per heavy atom. The number of anilines is 1. The molecule has 0 saturated carbocycles. The zero-order valence-corrected chi connectivity index (χ0v) is 12.3. The second kappa shape index (κ2) is 5.97. The summed E-state index contributed by atoms with van der Waals surface area (Å²) in [7, 11) is 0. The summed E-state index contributed by atoms with van der Waals surface area (Å²) in [4.78, 5) is 8.58. The zero-order chi connectivity index (χ0) is 14.7. The molecule has 1 N–H and O–H groups in total. The summed E-state index contributed by atoms with van der Waals surface area (Å²) in [5.74, 6) is 2.15. The first kappa shape index (κ1) is 13.6. The van der Waals surface area contributed by atoms with Crippen LogP contribution in [0.1, 0.15) is 6.92 Å². The van der Waals surface area contributed by atoms with Gasteiger partial charge in [0.25, 0.3) is 0 Å². The Kier molecular flexibility index (Phi) is 3.88. The lowest BCUT2D eigenvalue weighted by molar-refractivity contribution is 0.486. The van der Waals surface area contributed by atoms with Crippen LogP contribution >= 0.6 is 11.6 Å². The van der Waals surface area contributed by atoms with E-state index in [1.807, 2.05) is 43.3 Å². The van der Waals surface area contributed by atoms with Crippen molar-refractivity contribution in [1.29, 1.82) is 0 Å². The van der Waals surface area contributed by atoms with Crippen LogP contribution in [-0.2, 0) is 0 Å². The number of pyridine rings is 2. The Bertz CT molecular complexity index is 776. The summed E-state index contributed by atoms with van der Waals surface area (Å²) in [5.41, 5.74) is 0.742. The van der Waals surface area contributed by atoms with Crippen molar-refractivity contribution in [2.24, 2.45) is 0 Å². The Hall–Kier alpha value is -2.33. The van der Waals surface area contributed by atoms with Gasteiger partial charge < -0.3 is 10.1 Å².